The zero-order chi connectivity index (χ0) is 10.6. The molecule has 0 aliphatic carbocycles. The van der Waals surface area contributed by atoms with Crippen LogP contribution in [0, 0.1) is 5.92 Å². The number of rotatable bonds is 3. The normalized spacial score (nSPS) is 24.9. The van der Waals surface area contributed by atoms with Gasteiger partial charge in [-0.05, 0) is 19.8 Å². The molecule has 1 amide bonds. The summed E-state index contributed by atoms with van der Waals surface area (Å²) in [6.45, 7) is 5.15. The summed E-state index contributed by atoms with van der Waals surface area (Å²) in [5.41, 5.74) is 5.65. The summed E-state index contributed by atoms with van der Waals surface area (Å²) in [7, 11) is 0. The van der Waals surface area contributed by atoms with Crippen molar-refractivity contribution in [1.82, 2.24) is 5.32 Å². The molecule has 3 unspecified atom stereocenters. The van der Waals surface area contributed by atoms with Gasteiger partial charge in [0.1, 0.15) is 0 Å². The number of nitrogens with two attached hydrogens (primary N) is 1. The standard InChI is InChI=1S/C10H20N2O2.ClH/c1-7(8(2)11)10(13)12-9-4-3-5-14-6-9;/h7-9H,3-6,11H2,1-2H3,(H,12,13);1H. The van der Waals surface area contributed by atoms with Crippen LogP contribution in [-0.2, 0) is 9.53 Å². The third-order valence-electron chi connectivity index (χ3n) is 2.71. The fourth-order valence-electron chi connectivity index (χ4n) is 1.43. The lowest BCUT2D eigenvalue weighted by Gasteiger charge is -2.25. The van der Waals surface area contributed by atoms with Gasteiger partial charge in [-0.1, -0.05) is 6.92 Å². The molecule has 1 fully saturated rings. The highest BCUT2D eigenvalue weighted by atomic mass is 35.5. The molecule has 0 aromatic carbocycles. The van der Waals surface area contributed by atoms with E-state index in [2.05, 4.69) is 5.32 Å². The SMILES string of the molecule is CC(N)C(C)C(=O)NC1CCCOC1.Cl. The summed E-state index contributed by atoms with van der Waals surface area (Å²) in [6.07, 6.45) is 2.04. The van der Waals surface area contributed by atoms with Crippen molar-refractivity contribution in [3.63, 3.8) is 0 Å². The van der Waals surface area contributed by atoms with E-state index in [1.54, 1.807) is 0 Å². The summed E-state index contributed by atoms with van der Waals surface area (Å²) >= 11 is 0. The van der Waals surface area contributed by atoms with Gasteiger partial charge in [0.25, 0.3) is 0 Å². The second-order valence-corrected chi connectivity index (χ2v) is 4.07. The van der Waals surface area contributed by atoms with E-state index in [0.717, 1.165) is 19.4 Å². The van der Waals surface area contributed by atoms with Crippen molar-refractivity contribution in [2.24, 2.45) is 11.7 Å². The zero-order valence-corrected chi connectivity index (χ0v) is 10.2. The molecule has 15 heavy (non-hydrogen) atoms. The molecule has 0 radical (unpaired) electrons. The molecular weight excluding hydrogens is 216 g/mol. The first kappa shape index (κ1) is 14.7. The molecule has 0 saturated carbocycles. The molecule has 5 heteroatoms. The highest BCUT2D eigenvalue weighted by Crippen LogP contribution is 2.07. The molecular formula is C10H21ClN2O2. The first-order chi connectivity index (χ1) is 6.61. The molecule has 90 valence electrons. The quantitative estimate of drug-likeness (QED) is 0.758. The van der Waals surface area contributed by atoms with Crippen LogP contribution in [0.25, 0.3) is 0 Å². The molecule has 1 heterocycles. The van der Waals surface area contributed by atoms with Gasteiger partial charge in [-0.15, -0.1) is 12.4 Å². The number of carbonyl (C=O) groups excluding carboxylic acids is 1. The van der Waals surface area contributed by atoms with Crippen LogP contribution in [0.4, 0.5) is 0 Å². The van der Waals surface area contributed by atoms with E-state index in [1.165, 1.54) is 0 Å². The van der Waals surface area contributed by atoms with Crippen LogP contribution < -0.4 is 11.1 Å². The smallest absolute Gasteiger partial charge is 0.224 e. The van der Waals surface area contributed by atoms with Gasteiger partial charge >= 0.3 is 0 Å². The Kier molecular flexibility index (Phi) is 6.89. The fourth-order valence-corrected chi connectivity index (χ4v) is 1.43. The number of amides is 1. The first-order valence-corrected chi connectivity index (χ1v) is 5.25. The Hall–Kier alpha value is -0.320. The van der Waals surface area contributed by atoms with Gasteiger partial charge in [0, 0.05) is 18.6 Å². The van der Waals surface area contributed by atoms with Crippen molar-refractivity contribution in [2.45, 2.75) is 38.8 Å². The van der Waals surface area contributed by atoms with Gasteiger partial charge < -0.3 is 15.8 Å². The van der Waals surface area contributed by atoms with Crippen LogP contribution in [0.1, 0.15) is 26.7 Å². The molecule has 0 aromatic rings. The molecule has 3 atom stereocenters. The van der Waals surface area contributed by atoms with E-state index in [1.807, 2.05) is 13.8 Å². The topological polar surface area (TPSA) is 64.4 Å². The second-order valence-electron chi connectivity index (χ2n) is 4.07. The minimum Gasteiger partial charge on any atom is -0.379 e. The minimum absolute atomic E-state index is 0. The van der Waals surface area contributed by atoms with Crippen molar-refractivity contribution in [3.8, 4) is 0 Å². The van der Waals surface area contributed by atoms with Gasteiger partial charge in [-0.25, -0.2) is 0 Å². The van der Waals surface area contributed by atoms with Gasteiger partial charge in [0.2, 0.25) is 5.91 Å². The molecule has 1 aliphatic rings. The van der Waals surface area contributed by atoms with E-state index in [4.69, 9.17) is 10.5 Å². The largest absolute Gasteiger partial charge is 0.379 e. The van der Waals surface area contributed by atoms with Gasteiger partial charge in [-0.2, -0.15) is 0 Å². The maximum Gasteiger partial charge on any atom is 0.224 e. The van der Waals surface area contributed by atoms with Gasteiger partial charge in [-0.3, -0.25) is 4.79 Å². The third-order valence-corrected chi connectivity index (χ3v) is 2.71. The fraction of sp³-hybridized carbons (Fsp3) is 0.900. The number of nitrogens with one attached hydrogen (secondary N) is 1. The molecule has 0 aromatic heterocycles. The Balaban J connectivity index is 0.00000196. The molecule has 0 spiro atoms. The number of hydrogen-bond acceptors (Lipinski definition) is 3. The lowest BCUT2D eigenvalue weighted by Crippen LogP contribution is -2.46. The monoisotopic (exact) mass is 236 g/mol. The van der Waals surface area contributed by atoms with Crippen molar-refractivity contribution >= 4 is 18.3 Å². The molecule has 4 nitrogen and oxygen atoms in total. The number of hydrogen-bond donors (Lipinski definition) is 2. The lowest BCUT2D eigenvalue weighted by molar-refractivity contribution is -0.126. The van der Waals surface area contributed by atoms with E-state index in [-0.39, 0.29) is 36.3 Å². The highest BCUT2D eigenvalue weighted by Gasteiger charge is 2.21. The van der Waals surface area contributed by atoms with Crippen LogP contribution >= 0.6 is 12.4 Å². The van der Waals surface area contributed by atoms with Crippen molar-refractivity contribution in [1.29, 1.82) is 0 Å². The number of halogens is 1. The van der Waals surface area contributed by atoms with Crippen LogP contribution in [0.2, 0.25) is 0 Å². The maximum atomic E-state index is 11.6. The van der Waals surface area contributed by atoms with Crippen LogP contribution in [-0.4, -0.2) is 31.2 Å². The Morgan fingerprint density at radius 2 is 2.20 bits per heavy atom. The Morgan fingerprint density at radius 3 is 2.67 bits per heavy atom. The Bertz CT molecular complexity index is 194. The van der Waals surface area contributed by atoms with Crippen LogP contribution in [0.5, 0.6) is 0 Å². The van der Waals surface area contributed by atoms with Crippen molar-refractivity contribution in [2.75, 3.05) is 13.2 Å². The predicted octanol–water partition coefficient (Wildman–Crippen LogP) is 0.687. The molecule has 3 N–H and O–H groups in total. The highest BCUT2D eigenvalue weighted by molar-refractivity contribution is 5.85. The maximum absolute atomic E-state index is 11.6. The second kappa shape index (κ2) is 7.04. The Morgan fingerprint density at radius 1 is 1.53 bits per heavy atom. The molecule has 0 bridgehead atoms. The van der Waals surface area contributed by atoms with E-state index in [0.29, 0.717) is 6.61 Å². The summed E-state index contributed by atoms with van der Waals surface area (Å²) in [5, 5.41) is 2.96. The van der Waals surface area contributed by atoms with E-state index < -0.39 is 0 Å². The third kappa shape index (κ3) is 4.82. The summed E-state index contributed by atoms with van der Waals surface area (Å²) in [4.78, 5) is 11.6. The van der Waals surface area contributed by atoms with E-state index in [9.17, 15) is 4.79 Å². The average Bonchev–Trinajstić information content (AvgIpc) is 2.18. The summed E-state index contributed by atoms with van der Waals surface area (Å²) < 4.78 is 5.28. The number of ether oxygens (including phenoxy) is 1. The minimum atomic E-state index is -0.128. The average molecular weight is 237 g/mol. The van der Waals surface area contributed by atoms with E-state index >= 15 is 0 Å². The number of carbonyl (C=O) groups is 1. The van der Waals surface area contributed by atoms with Crippen molar-refractivity contribution in [3.05, 3.63) is 0 Å². The van der Waals surface area contributed by atoms with Crippen LogP contribution in [0.15, 0.2) is 0 Å². The summed E-state index contributed by atoms with van der Waals surface area (Å²) in [5.74, 6) is -0.0903. The van der Waals surface area contributed by atoms with Gasteiger partial charge in [0.15, 0.2) is 0 Å². The Labute approximate surface area is 97.3 Å². The molecule has 1 saturated heterocycles. The zero-order valence-electron chi connectivity index (χ0n) is 9.36. The van der Waals surface area contributed by atoms with Crippen LogP contribution in [0.3, 0.4) is 0 Å². The molecule has 1 aliphatic heterocycles. The predicted molar refractivity (Wildman–Crippen MR) is 62.0 cm³/mol. The lowest BCUT2D eigenvalue weighted by atomic mass is 10.0. The first-order valence-electron chi connectivity index (χ1n) is 5.25. The molecule has 1 rings (SSSR count). The summed E-state index contributed by atoms with van der Waals surface area (Å²) in [6, 6.07) is 0.0805. The van der Waals surface area contributed by atoms with Gasteiger partial charge in [0.05, 0.1) is 12.6 Å². The van der Waals surface area contributed by atoms with Crippen molar-refractivity contribution < 1.29 is 9.53 Å².